The van der Waals surface area contributed by atoms with Gasteiger partial charge in [0.2, 0.25) is 0 Å². The fraction of sp³-hybridized carbons (Fsp3) is 0.611. The Balaban J connectivity index is 2.26. The minimum atomic E-state index is -0.391. The average Bonchev–Trinajstić information content (AvgIpc) is 2.68. The SMILES string of the molecule is CCN(CC)C(=O)c1ccc(B2OC(C)(C)C(C)(C)O2)c(C)c1. The molecule has 0 aliphatic carbocycles. The monoisotopic (exact) mass is 317 g/mol. The van der Waals surface area contributed by atoms with E-state index in [9.17, 15) is 4.79 Å². The molecule has 0 N–H and O–H groups in total. The van der Waals surface area contributed by atoms with Gasteiger partial charge in [-0.1, -0.05) is 11.6 Å². The zero-order valence-corrected chi connectivity index (χ0v) is 15.4. The van der Waals surface area contributed by atoms with E-state index in [1.807, 2.05) is 71.6 Å². The van der Waals surface area contributed by atoms with Gasteiger partial charge in [0.15, 0.2) is 0 Å². The number of carbonyl (C=O) groups is 1. The minimum absolute atomic E-state index is 0.0681. The molecule has 0 bridgehead atoms. The molecule has 1 heterocycles. The molecular formula is C18H28BNO3. The van der Waals surface area contributed by atoms with Crippen LogP contribution in [0.5, 0.6) is 0 Å². The minimum Gasteiger partial charge on any atom is -0.399 e. The number of benzene rings is 1. The molecule has 1 saturated heterocycles. The lowest BCUT2D eigenvalue weighted by Crippen LogP contribution is -2.41. The van der Waals surface area contributed by atoms with E-state index in [1.165, 1.54) is 0 Å². The van der Waals surface area contributed by atoms with E-state index in [0.29, 0.717) is 18.7 Å². The molecule has 0 aromatic heterocycles. The van der Waals surface area contributed by atoms with Crippen LogP contribution in [0.1, 0.15) is 57.5 Å². The third kappa shape index (κ3) is 3.31. The molecule has 0 saturated carbocycles. The second kappa shape index (κ2) is 6.29. The summed E-state index contributed by atoms with van der Waals surface area (Å²) in [6.07, 6.45) is 0. The van der Waals surface area contributed by atoms with Crippen LogP contribution in [0.15, 0.2) is 18.2 Å². The van der Waals surface area contributed by atoms with Crippen molar-refractivity contribution < 1.29 is 14.1 Å². The Hall–Kier alpha value is -1.33. The summed E-state index contributed by atoms with van der Waals surface area (Å²) < 4.78 is 12.2. The van der Waals surface area contributed by atoms with Crippen molar-refractivity contribution in [2.75, 3.05) is 13.1 Å². The Labute approximate surface area is 140 Å². The summed E-state index contributed by atoms with van der Waals surface area (Å²) in [6.45, 7) is 15.6. The highest BCUT2D eigenvalue weighted by atomic mass is 16.7. The predicted octanol–water partition coefficient (Wildman–Crippen LogP) is 2.78. The van der Waals surface area contributed by atoms with Crippen molar-refractivity contribution in [1.29, 1.82) is 0 Å². The Morgan fingerprint density at radius 1 is 1.09 bits per heavy atom. The average molecular weight is 317 g/mol. The van der Waals surface area contributed by atoms with E-state index in [4.69, 9.17) is 9.31 Å². The number of carbonyl (C=O) groups excluding carboxylic acids is 1. The fourth-order valence-corrected chi connectivity index (χ4v) is 2.74. The third-order valence-electron chi connectivity index (χ3n) is 5.07. The first kappa shape index (κ1) is 18.0. The van der Waals surface area contributed by atoms with Crippen LogP contribution in [0, 0.1) is 6.92 Å². The largest absolute Gasteiger partial charge is 0.495 e. The van der Waals surface area contributed by atoms with E-state index in [0.717, 1.165) is 11.0 Å². The second-order valence-electron chi connectivity index (χ2n) is 7.14. The number of nitrogens with zero attached hydrogens (tertiary/aromatic N) is 1. The first-order chi connectivity index (χ1) is 10.6. The quantitative estimate of drug-likeness (QED) is 0.802. The summed E-state index contributed by atoms with van der Waals surface area (Å²) in [5.74, 6) is 0.0681. The molecule has 1 aliphatic heterocycles. The molecule has 2 rings (SSSR count). The maximum atomic E-state index is 12.5. The summed E-state index contributed by atoms with van der Waals surface area (Å²) in [4.78, 5) is 14.3. The van der Waals surface area contributed by atoms with E-state index >= 15 is 0 Å². The van der Waals surface area contributed by atoms with Crippen molar-refractivity contribution in [3.63, 3.8) is 0 Å². The van der Waals surface area contributed by atoms with Crippen LogP contribution in [0.2, 0.25) is 0 Å². The first-order valence-electron chi connectivity index (χ1n) is 8.38. The van der Waals surface area contributed by atoms with Gasteiger partial charge >= 0.3 is 7.12 Å². The predicted molar refractivity (Wildman–Crippen MR) is 94.1 cm³/mol. The standard InChI is InChI=1S/C18H28BNO3/c1-8-20(9-2)16(21)14-10-11-15(13(3)12-14)19-22-17(4,5)18(6,7)23-19/h10-12H,8-9H2,1-7H3. The van der Waals surface area contributed by atoms with Gasteiger partial charge in [-0.2, -0.15) is 0 Å². The maximum Gasteiger partial charge on any atom is 0.495 e. The molecule has 5 heteroatoms. The Kier molecular flexibility index (Phi) is 4.93. The third-order valence-corrected chi connectivity index (χ3v) is 5.07. The number of rotatable bonds is 4. The Morgan fingerprint density at radius 3 is 2.04 bits per heavy atom. The van der Waals surface area contributed by atoms with Gasteiger partial charge in [-0.3, -0.25) is 4.79 Å². The Morgan fingerprint density at radius 2 is 1.61 bits per heavy atom. The smallest absolute Gasteiger partial charge is 0.399 e. The van der Waals surface area contributed by atoms with Crippen LogP contribution in [0.3, 0.4) is 0 Å². The summed E-state index contributed by atoms with van der Waals surface area (Å²) in [5.41, 5.74) is 1.99. The normalized spacial score (nSPS) is 19.0. The number of hydrogen-bond acceptors (Lipinski definition) is 3. The summed E-state index contributed by atoms with van der Waals surface area (Å²) in [7, 11) is -0.391. The lowest BCUT2D eigenvalue weighted by molar-refractivity contribution is 0.00578. The van der Waals surface area contributed by atoms with Crippen LogP contribution < -0.4 is 5.46 Å². The molecule has 4 nitrogen and oxygen atoms in total. The van der Waals surface area contributed by atoms with Gasteiger partial charge in [0, 0.05) is 18.7 Å². The molecule has 1 aromatic carbocycles. The molecule has 0 atom stereocenters. The molecule has 0 unspecified atom stereocenters. The zero-order valence-electron chi connectivity index (χ0n) is 15.4. The lowest BCUT2D eigenvalue weighted by atomic mass is 9.76. The van der Waals surface area contributed by atoms with Crippen LogP contribution in [-0.2, 0) is 9.31 Å². The number of amides is 1. The van der Waals surface area contributed by atoms with E-state index in [2.05, 4.69) is 0 Å². The molecule has 0 spiro atoms. The molecular weight excluding hydrogens is 289 g/mol. The van der Waals surface area contributed by atoms with Crippen molar-refractivity contribution in [3.8, 4) is 0 Å². The highest BCUT2D eigenvalue weighted by molar-refractivity contribution is 6.62. The highest BCUT2D eigenvalue weighted by Crippen LogP contribution is 2.36. The zero-order chi connectivity index (χ0) is 17.4. The van der Waals surface area contributed by atoms with Crippen molar-refractivity contribution in [3.05, 3.63) is 29.3 Å². The molecule has 1 fully saturated rings. The van der Waals surface area contributed by atoms with Gasteiger partial charge in [0.05, 0.1) is 11.2 Å². The van der Waals surface area contributed by atoms with Gasteiger partial charge in [0.1, 0.15) is 0 Å². The highest BCUT2D eigenvalue weighted by Gasteiger charge is 2.52. The molecule has 23 heavy (non-hydrogen) atoms. The summed E-state index contributed by atoms with van der Waals surface area (Å²) in [6, 6.07) is 5.75. The fourth-order valence-electron chi connectivity index (χ4n) is 2.74. The van der Waals surface area contributed by atoms with Crippen molar-refractivity contribution in [2.24, 2.45) is 0 Å². The topological polar surface area (TPSA) is 38.8 Å². The molecule has 1 aliphatic rings. The van der Waals surface area contributed by atoms with Crippen LogP contribution in [-0.4, -0.2) is 42.2 Å². The van der Waals surface area contributed by atoms with Gasteiger partial charge in [-0.05, 0) is 66.1 Å². The number of aryl methyl sites for hydroxylation is 1. The van der Waals surface area contributed by atoms with Crippen LogP contribution in [0.4, 0.5) is 0 Å². The van der Waals surface area contributed by atoms with Gasteiger partial charge < -0.3 is 14.2 Å². The van der Waals surface area contributed by atoms with Crippen LogP contribution in [0.25, 0.3) is 0 Å². The van der Waals surface area contributed by atoms with E-state index < -0.39 is 7.12 Å². The van der Waals surface area contributed by atoms with E-state index in [1.54, 1.807) is 0 Å². The lowest BCUT2D eigenvalue weighted by Gasteiger charge is -2.32. The van der Waals surface area contributed by atoms with Crippen molar-refractivity contribution in [2.45, 2.75) is 59.7 Å². The van der Waals surface area contributed by atoms with Gasteiger partial charge in [-0.15, -0.1) is 0 Å². The van der Waals surface area contributed by atoms with Crippen molar-refractivity contribution >= 4 is 18.5 Å². The van der Waals surface area contributed by atoms with E-state index in [-0.39, 0.29) is 17.1 Å². The Bertz CT molecular complexity index is 578. The van der Waals surface area contributed by atoms with Crippen molar-refractivity contribution in [1.82, 2.24) is 4.90 Å². The summed E-state index contributed by atoms with van der Waals surface area (Å²) >= 11 is 0. The summed E-state index contributed by atoms with van der Waals surface area (Å²) in [5, 5.41) is 0. The van der Waals surface area contributed by atoms with Gasteiger partial charge in [0.25, 0.3) is 5.91 Å². The second-order valence-corrected chi connectivity index (χ2v) is 7.14. The first-order valence-corrected chi connectivity index (χ1v) is 8.38. The molecule has 126 valence electrons. The van der Waals surface area contributed by atoms with Gasteiger partial charge in [-0.25, -0.2) is 0 Å². The van der Waals surface area contributed by atoms with Crippen LogP contribution >= 0.6 is 0 Å². The number of hydrogen-bond donors (Lipinski definition) is 0. The molecule has 0 radical (unpaired) electrons. The maximum absolute atomic E-state index is 12.5. The molecule has 1 amide bonds. The molecule has 1 aromatic rings.